The van der Waals surface area contributed by atoms with Crippen molar-refractivity contribution in [3.8, 4) is 0 Å². The summed E-state index contributed by atoms with van der Waals surface area (Å²) in [6, 6.07) is 6.94. The summed E-state index contributed by atoms with van der Waals surface area (Å²) in [5, 5.41) is 18.0. The molecule has 0 radical (unpaired) electrons. The summed E-state index contributed by atoms with van der Waals surface area (Å²) in [6.07, 6.45) is 2.19. The highest BCUT2D eigenvalue weighted by molar-refractivity contribution is 6.04. The van der Waals surface area contributed by atoms with Gasteiger partial charge in [0.05, 0.1) is 5.39 Å². The van der Waals surface area contributed by atoms with Gasteiger partial charge in [-0.1, -0.05) is 32.0 Å². The van der Waals surface area contributed by atoms with E-state index in [1.165, 1.54) is 4.68 Å². The van der Waals surface area contributed by atoms with Crippen molar-refractivity contribution < 1.29 is 14.6 Å². The third-order valence-corrected chi connectivity index (χ3v) is 5.21. The molecule has 1 fully saturated rings. The number of nitrogens with one attached hydrogen (secondary N) is 1. The van der Waals surface area contributed by atoms with Gasteiger partial charge in [-0.15, -0.1) is 0 Å². The van der Waals surface area contributed by atoms with Crippen LogP contribution in [-0.4, -0.2) is 46.7 Å². The highest BCUT2D eigenvalue weighted by Gasteiger charge is 2.27. The van der Waals surface area contributed by atoms with Gasteiger partial charge in [0.2, 0.25) is 0 Å². The Bertz CT molecular complexity index is 872. The maximum absolute atomic E-state index is 13.1. The summed E-state index contributed by atoms with van der Waals surface area (Å²) < 4.78 is 6.80. The number of benzene rings is 1. The van der Waals surface area contributed by atoms with Crippen molar-refractivity contribution >= 4 is 16.7 Å². The lowest BCUT2D eigenvalue weighted by atomic mass is 9.89. The van der Waals surface area contributed by atoms with E-state index in [4.69, 9.17) is 4.74 Å². The Morgan fingerprint density at radius 1 is 1.29 bits per heavy atom. The maximum Gasteiger partial charge on any atom is 0.274 e. The second kappa shape index (κ2) is 9.30. The van der Waals surface area contributed by atoms with Gasteiger partial charge in [0.1, 0.15) is 0 Å². The number of hydrogen-bond acceptors (Lipinski definition) is 5. The Morgan fingerprint density at radius 2 is 1.96 bits per heavy atom. The highest BCUT2D eigenvalue weighted by atomic mass is 16.5. The van der Waals surface area contributed by atoms with Crippen LogP contribution in [0.25, 0.3) is 10.8 Å². The van der Waals surface area contributed by atoms with Crippen molar-refractivity contribution in [3.63, 3.8) is 0 Å². The molecule has 3 rings (SSSR count). The van der Waals surface area contributed by atoms with E-state index in [1.54, 1.807) is 24.3 Å². The van der Waals surface area contributed by atoms with E-state index >= 15 is 0 Å². The second-order valence-corrected chi connectivity index (χ2v) is 7.82. The van der Waals surface area contributed by atoms with Gasteiger partial charge in [-0.25, -0.2) is 4.68 Å². The first-order valence-corrected chi connectivity index (χ1v) is 10.0. The van der Waals surface area contributed by atoms with Crippen molar-refractivity contribution in [2.24, 2.45) is 11.8 Å². The standard InChI is InChI=1S/C21H29N3O4/c1-14(2)13-24-21(27)17-6-4-3-5-16(17)19(23-24)20(26)22-18(7-10-25)15-8-11-28-12-9-15/h3-6,14-15,18,25H,7-13H2,1-2H3,(H,22,26). The molecule has 0 bridgehead atoms. The molecule has 1 aliphatic heterocycles. The lowest BCUT2D eigenvalue weighted by Crippen LogP contribution is -2.44. The molecule has 7 heteroatoms. The van der Waals surface area contributed by atoms with Gasteiger partial charge in [0.25, 0.3) is 11.5 Å². The fourth-order valence-electron chi connectivity index (χ4n) is 3.79. The number of fused-ring (bicyclic) bond motifs is 1. The largest absolute Gasteiger partial charge is 0.396 e. The minimum atomic E-state index is -0.307. The number of aliphatic hydroxyl groups is 1. The lowest BCUT2D eigenvalue weighted by Gasteiger charge is -2.30. The monoisotopic (exact) mass is 387 g/mol. The van der Waals surface area contributed by atoms with Crippen molar-refractivity contribution in [1.29, 1.82) is 0 Å². The molecule has 1 aromatic heterocycles. The molecule has 1 atom stereocenters. The first-order valence-electron chi connectivity index (χ1n) is 10.0. The number of hydrogen-bond donors (Lipinski definition) is 2. The topological polar surface area (TPSA) is 93.5 Å². The Morgan fingerprint density at radius 3 is 2.61 bits per heavy atom. The summed E-state index contributed by atoms with van der Waals surface area (Å²) in [5.74, 6) is 0.183. The smallest absolute Gasteiger partial charge is 0.274 e. The van der Waals surface area contributed by atoms with E-state index in [0.717, 1.165) is 12.8 Å². The third kappa shape index (κ3) is 4.59. The number of carbonyl (C=O) groups excluding carboxylic acids is 1. The molecule has 1 amide bonds. The van der Waals surface area contributed by atoms with Crippen LogP contribution in [0.5, 0.6) is 0 Å². The fraction of sp³-hybridized carbons (Fsp3) is 0.571. The minimum absolute atomic E-state index is 0.00330. The molecule has 1 aromatic carbocycles. The third-order valence-electron chi connectivity index (χ3n) is 5.21. The van der Waals surface area contributed by atoms with Gasteiger partial charge in [-0.2, -0.15) is 5.10 Å². The van der Waals surface area contributed by atoms with Gasteiger partial charge in [-0.3, -0.25) is 9.59 Å². The fourth-order valence-corrected chi connectivity index (χ4v) is 3.79. The Balaban J connectivity index is 1.95. The molecule has 1 aliphatic rings. The number of carbonyl (C=O) groups is 1. The number of rotatable bonds is 7. The van der Waals surface area contributed by atoms with Gasteiger partial charge in [0.15, 0.2) is 5.69 Å². The molecule has 2 aromatic rings. The molecule has 28 heavy (non-hydrogen) atoms. The zero-order valence-corrected chi connectivity index (χ0v) is 16.6. The average molecular weight is 387 g/mol. The van der Waals surface area contributed by atoms with Gasteiger partial charge < -0.3 is 15.2 Å². The van der Waals surface area contributed by atoms with Crippen molar-refractivity contribution in [2.75, 3.05) is 19.8 Å². The van der Waals surface area contributed by atoms with Crippen LogP contribution in [0, 0.1) is 11.8 Å². The minimum Gasteiger partial charge on any atom is -0.396 e. The molecule has 1 saturated heterocycles. The molecular formula is C21H29N3O4. The first-order chi connectivity index (χ1) is 13.5. The Labute approximate surface area is 164 Å². The number of amides is 1. The summed E-state index contributed by atoms with van der Waals surface area (Å²) in [6.45, 7) is 5.80. The average Bonchev–Trinajstić information content (AvgIpc) is 2.70. The molecule has 2 N–H and O–H groups in total. The van der Waals surface area contributed by atoms with Crippen LogP contribution < -0.4 is 10.9 Å². The van der Waals surface area contributed by atoms with Gasteiger partial charge in [0, 0.05) is 37.8 Å². The zero-order valence-electron chi connectivity index (χ0n) is 16.6. The maximum atomic E-state index is 13.1. The summed E-state index contributed by atoms with van der Waals surface area (Å²) in [5.41, 5.74) is 0.0723. The first kappa shape index (κ1) is 20.5. The Kier molecular flexibility index (Phi) is 6.80. The molecule has 7 nitrogen and oxygen atoms in total. The lowest BCUT2D eigenvalue weighted by molar-refractivity contribution is 0.0478. The molecular weight excluding hydrogens is 358 g/mol. The summed E-state index contributed by atoms with van der Waals surface area (Å²) in [4.78, 5) is 25.9. The van der Waals surface area contributed by atoms with E-state index in [2.05, 4.69) is 10.4 Å². The highest BCUT2D eigenvalue weighted by Crippen LogP contribution is 2.22. The molecule has 0 aliphatic carbocycles. The van der Waals surface area contributed by atoms with Crippen LogP contribution in [0.2, 0.25) is 0 Å². The van der Waals surface area contributed by atoms with Crippen molar-refractivity contribution in [3.05, 3.63) is 40.3 Å². The van der Waals surface area contributed by atoms with E-state index < -0.39 is 0 Å². The van der Waals surface area contributed by atoms with Gasteiger partial charge in [-0.05, 0) is 37.2 Å². The molecule has 152 valence electrons. The number of ether oxygens (including phenoxy) is 1. The van der Waals surface area contributed by atoms with Crippen LogP contribution in [-0.2, 0) is 11.3 Å². The van der Waals surface area contributed by atoms with Crippen LogP contribution in [0.3, 0.4) is 0 Å². The molecule has 2 heterocycles. The summed E-state index contributed by atoms with van der Waals surface area (Å²) in [7, 11) is 0. The number of nitrogens with zero attached hydrogens (tertiary/aromatic N) is 2. The Hall–Kier alpha value is -2.25. The molecule has 0 saturated carbocycles. The number of aliphatic hydroxyl groups excluding tert-OH is 1. The van der Waals surface area contributed by atoms with E-state index in [0.29, 0.717) is 37.0 Å². The van der Waals surface area contributed by atoms with E-state index in [9.17, 15) is 14.7 Å². The predicted octanol–water partition coefficient (Wildman–Crippen LogP) is 1.96. The van der Waals surface area contributed by atoms with E-state index in [1.807, 2.05) is 13.8 Å². The molecule has 1 unspecified atom stereocenters. The van der Waals surface area contributed by atoms with E-state index in [-0.39, 0.29) is 41.6 Å². The quantitative estimate of drug-likeness (QED) is 0.758. The molecule has 0 spiro atoms. The van der Waals surface area contributed by atoms with Crippen LogP contribution >= 0.6 is 0 Å². The van der Waals surface area contributed by atoms with Crippen molar-refractivity contribution in [1.82, 2.24) is 15.1 Å². The van der Waals surface area contributed by atoms with Crippen LogP contribution in [0.15, 0.2) is 29.1 Å². The van der Waals surface area contributed by atoms with Crippen LogP contribution in [0.4, 0.5) is 0 Å². The van der Waals surface area contributed by atoms with Crippen molar-refractivity contribution in [2.45, 2.75) is 45.7 Å². The predicted molar refractivity (Wildman–Crippen MR) is 107 cm³/mol. The van der Waals surface area contributed by atoms with Crippen LogP contribution in [0.1, 0.15) is 43.6 Å². The number of aromatic nitrogens is 2. The zero-order chi connectivity index (χ0) is 20.1. The summed E-state index contributed by atoms with van der Waals surface area (Å²) >= 11 is 0. The normalized spacial score (nSPS) is 16.4. The SMILES string of the molecule is CC(C)Cn1nc(C(=O)NC(CCO)C2CCOCC2)c2ccccc2c1=O. The van der Waals surface area contributed by atoms with Gasteiger partial charge >= 0.3 is 0 Å². The second-order valence-electron chi connectivity index (χ2n) is 7.82.